The standard InChI is InChI=1S/C29H36N4O6/c1-3-4-13-33(21-7-5-11-30(2)15-21)27(35)18-32-16-22(20-9-10-24-25(14-20)39-19-38-24)28(29(36)37)23(32)17-31-12-6-8-26(31)34/h5,7,9-11,14-15,22-23,28H,3-4,6,8,12-13,16-19H2,1-2H3/p+1/t22-,23+,28-/m1/s1. The first-order chi connectivity index (χ1) is 18.9. The van der Waals surface area contributed by atoms with Gasteiger partial charge in [0, 0.05) is 50.6 Å². The van der Waals surface area contributed by atoms with E-state index in [-0.39, 0.29) is 31.1 Å². The maximum atomic E-state index is 13.8. The number of carbonyl (C=O) groups excluding carboxylic acids is 2. The number of aliphatic carboxylic acids is 1. The second-order valence-corrected chi connectivity index (χ2v) is 10.6. The van der Waals surface area contributed by atoms with Gasteiger partial charge in [0.1, 0.15) is 12.7 Å². The van der Waals surface area contributed by atoms with E-state index in [4.69, 9.17) is 9.47 Å². The van der Waals surface area contributed by atoms with E-state index in [2.05, 4.69) is 6.92 Å². The van der Waals surface area contributed by atoms with Gasteiger partial charge in [-0.2, -0.15) is 0 Å². The summed E-state index contributed by atoms with van der Waals surface area (Å²) in [5.74, 6) is -0.891. The van der Waals surface area contributed by atoms with Crippen molar-refractivity contribution in [1.82, 2.24) is 9.80 Å². The number of hydrogen-bond donors (Lipinski definition) is 1. The Morgan fingerprint density at radius 3 is 2.74 bits per heavy atom. The Kier molecular flexibility index (Phi) is 8.02. The van der Waals surface area contributed by atoms with Crippen molar-refractivity contribution < 1.29 is 33.5 Å². The quantitative estimate of drug-likeness (QED) is 0.464. The van der Waals surface area contributed by atoms with E-state index in [0.29, 0.717) is 44.1 Å². The van der Waals surface area contributed by atoms with Gasteiger partial charge in [0.15, 0.2) is 23.9 Å². The number of benzene rings is 1. The van der Waals surface area contributed by atoms with Crippen LogP contribution in [0.5, 0.6) is 11.5 Å². The number of carbonyl (C=O) groups is 3. The lowest BCUT2D eigenvalue weighted by atomic mass is 9.85. The molecule has 0 radical (unpaired) electrons. The molecule has 2 saturated heterocycles. The molecule has 208 valence electrons. The van der Waals surface area contributed by atoms with Crippen LogP contribution < -0.4 is 18.9 Å². The van der Waals surface area contributed by atoms with E-state index < -0.39 is 17.9 Å². The molecule has 10 nitrogen and oxygen atoms in total. The van der Waals surface area contributed by atoms with E-state index >= 15 is 0 Å². The first-order valence-electron chi connectivity index (χ1n) is 13.8. The van der Waals surface area contributed by atoms with Crippen LogP contribution in [0.4, 0.5) is 5.69 Å². The molecule has 10 heteroatoms. The fourth-order valence-electron chi connectivity index (χ4n) is 6.03. The molecule has 5 rings (SSSR count). The molecule has 0 bridgehead atoms. The number of rotatable bonds is 10. The number of carboxylic acid groups (broad SMARTS) is 1. The van der Waals surface area contributed by atoms with Crippen LogP contribution in [-0.2, 0) is 21.4 Å². The number of unbranched alkanes of at least 4 members (excludes halogenated alkanes) is 1. The van der Waals surface area contributed by atoms with Crippen LogP contribution in [0.1, 0.15) is 44.1 Å². The van der Waals surface area contributed by atoms with Crippen molar-refractivity contribution in [3.05, 3.63) is 48.3 Å². The number of likely N-dealkylation sites (tertiary alicyclic amines) is 2. The summed E-state index contributed by atoms with van der Waals surface area (Å²) in [6.45, 7) is 4.16. The lowest BCUT2D eigenvalue weighted by Gasteiger charge is -2.32. The van der Waals surface area contributed by atoms with Gasteiger partial charge in [0.2, 0.25) is 18.6 Å². The third-order valence-electron chi connectivity index (χ3n) is 8.05. The summed E-state index contributed by atoms with van der Waals surface area (Å²) in [5, 5.41) is 10.5. The van der Waals surface area contributed by atoms with Crippen LogP contribution in [0.3, 0.4) is 0 Å². The van der Waals surface area contributed by atoms with E-state index in [9.17, 15) is 19.5 Å². The highest BCUT2D eigenvalue weighted by molar-refractivity contribution is 5.94. The molecule has 3 aliphatic rings. The summed E-state index contributed by atoms with van der Waals surface area (Å²) in [5.41, 5.74) is 1.64. The average Bonchev–Trinajstić information content (AvgIpc) is 3.63. The number of hydrogen-bond acceptors (Lipinski definition) is 6. The second-order valence-electron chi connectivity index (χ2n) is 10.6. The number of anilines is 1. The molecule has 0 spiro atoms. The zero-order chi connectivity index (χ0) is 27.5. The lowest BCUT2D eigenvalue weighted by molar-refractivity contribution is -0.670. The second kappa shape index (κ2) is 11.6. The Labute approximate surface area is 228 Å². The number of ether oxygens (including phenoxy) is 2. The van der Waals surface area contributed by atoms with Crippen molar-refractivity contribution in [2.24, 2.45) is 13.0 Å². The first kappa shape index (κ1) is 26.9. The Bertz CT molecular complexity index is 1240. The van der Waals surface area contributed by atoms with E-state index in [1.807, 2.05) is 59.2 Å². The van der Waals surface area contributed by atoms with Gasteiger partial charge in [-0.1, -0.05) is 19.4 Å². The fraction of sp³-hybridized carbons (Fsp3) is 0.517. The highest BCUT2D eigenvalue weighted by atomic mass is 16.7. The van der Waals surface area contributed by atoms with Crippen molar-refractivity contribution in [3.8, 4) is 11.5 Å². The monoisotopic (exact) mass is 537 g/mol. The molecule has 3 atom stereocenters. The van der Waals surface area contributed by atoms with Gasteiger partial charge in [-0.15, -0.1) is 0 Å². The zero-order valence-corrected chi connectivity index (χ0v) is 22.6. The summed E-state index contributed by atoms with van der Waals surface area (Å²) in [7, 11) is 1.92. The van der Waals surface area contributed by atoms with Crippen LogP contribution in [-0.4, -0.2) is 78.2 Å². The van der Waals surface area contributed by atoms with Crippen LogP contribution in [0, 0.1) is 5.92 Å². The SMILES string of the molecule is CCCCN(C(=O)CN1C[C@H](c2ccc3c(c2)OCO3)[C@@H](C(=O)O)[C@@H]1CN1CCCC1=O)c1ccc[n+](C)c1. The van der Waals surface area contributed by atoms with Gasteiger partial charge >= 0.3 is 5.97 Å². The normalized spacial score (nSPS) is 22.5. The molecule has 2 aromatic rings. The molecule has 2 fully saturated rings. The number of amides is 2. The zero-order valence-electron chi connectivity index (χ0n) is 22.6. The van der Waals surface area contributed by atoms with Gasteiger partial charge in [-0.25, -0.2) is 4.57 Å². The highest BCUT2D eigenvalue weighted by Gasteiger charge is 2.48. The van der Waals surface area contributed by atoms with Gasteiger partial charge in [-0.05, 0) is 36.6 Å². The molecular weight excluding hydrogens is 500 g/mol. The first-order valence-corrected chi connectivity index (χ1v) is 13.8. The molecular formula is C29H37N4O6+. The summed E-state index contributed by atoms with van der Waals surface area (Å²) in [4.78, 5) is 44.7. The number of pyridine rings is 1. The Hall–Kier alpha value is -3.66. The van der Waals surface area contributed by atoms with Gasteiger partial charge < -0.3 is 24.4 Å². The smallest absolute Gasteiger partial charge is 0.308 e. The van der Waals surface area contributed by atoms with Crippen molar-refractivity contribution in [1.29, 1.82) is 0 Å². The van der Waals surface area contributed by atoms with Crippen molar-refractivity contribution in [2.45, 2.75) is 44.6 Å². The predicted octanol–water partition coefficient (Wildman–Crippen LogP) is 2.16. The van der Waals surface area contributed by atoms with Crippen molar-refractivity contribution in [2.75, 3.05) is 44.4 Å². The minimum absolute atomic E-state index is 0.0401. The molecule has 1 aromatic heterocycles. The van der Waals surface area contributed by atoms with Crippen LogP contribution in [0.2, 0.25) is 0 Å². The Morgan fingerprint density at radius 1 is 1.21 bits per heavy atom. The van der Waals surface area contributed by atoms with Gasteiger partial charge in [0.05, 0.1) is 12.5 Å². The maximum absolute atomic E-state index is 13.8. The Balaban J connectivity index is 1.45. The third kappa shape index (κ3) is 5.71. The molecule has 0 aliphatic carbocycles. The largest absolute Gasteiger partial charge is 0.481 e. The van der Waals surface area contributed by atoms with Crippen LogP contribution >= 0.6 is 0 Å². The number of nitrogens with zero attached hydrogens (tertiary/aromatic N) is 4. The summed E-state index contributed by atoms with van der Waals surface area (Å²) in [6.07, 6.45) is 6.89. The van der Waals surface area contributed by atoms with Crippen LogP contribution in [0.25, 0.3) is 0 Å². The predicted molar refractivity (Wildman–Crippen MR) is 142 cm³/mol. The number of carboxylic acids is 1. The minimum Gasteiger partial charge on any atom is -0.481 e. The van der Waals surface area contributed by atoms with Crippen molar-refractivity contribution >= 4 is 23.5 Å². The topological polar surface area (TPSA) is 104 Å². The molecule has 1 N–H and O–H groups in total. The molecule has 1 aromatic carbocycles. The van der Waals surface area contributed by atoms with E-state index in [1.165, 1.54) is 0 Å². The summed E-state index contributed by atoms with van der Waals surface area (Å²) < 4.78 is 12.9. The van der Waals surface area contributed by atoms with Gasteiger partial charge in [0.25, 0.3) is 0 Å². The molecule has 39 heavy (non-hydrogen) atoms. The summed E-state index contributed by atoms with van der Waals surface area (Å²) in [6, 6.07) is 8.89. The molecule has 0 saturated carbocycles. The average molecular weight is 538 g/mol. The van der Waals surface area contributed by atoms with Gasteiger partial charge in [-0.3, -0.25) is 19.3 Å². The van der Waals surface area contributed by atoms with E-state index in [0.717, 1.165) is 30.5 Å². The fourth-order valence-corrected chi connectivity index (χ4v) is 6.03. The molecule has 3 aliphatic heterocycles. The number of aromatic nitrogens is 1. The third-order valence-corrected chi connectivity index (χ3v) is 8.05. The van der Waals surface area contributed by atoms with Crippen molar-refractivity contribution in [3.63, 3.8) is 0 Å². The lowest BCUT2D eigenvalue weighted by Crippen LogP contribution is -2.49. The highest BCUT2D eigenvalue weighted by Crippen LogP contribution is 2.42. The molecule has 2 amide bonds. The molecule has 0 unspecified atom stereocenters. The summed E-state index contributed by atoms with van der Waals surface area (Å²) >= 11 is 0. The van der Waals surface area contributed by atoms with E-state index in [1.54, 1.807) is 9.80 Å². The maximum Gasteiger partial charge on any atom is 0.308 e. The Morgan fingerprint density at radius 2 is 2.03 bits per heavy atom. The number of fused-ring (bicyclic) bond motifs is 1. The van der Waals surface area contributed by atoms with Crippen LogP contribution in [0.15, 0.2) is 42.7 Å². The number of aryl methyl sites for hydroxylation is 1. The molecule has 4 heterocycles. The minimum atomic E-state index is -0.929.